The van der Waals surface area contributed by atoms with Gasteiger partial charge in [0.05, 0.1) is 23.9 Å². The monoisotopic (exact) mass is 383 g/mol. The van der Waals surface area contributed by atoms with Crippen molar-refractivity contribution in [1.29, 1.82) is 5.26 Å². The van der Waals surface area contributed by atoms with Crippen LogP contribution >= 0.6 is 23.4 Å². The van der Waals surface area contributed by atoms with Crippen molar-refractivity contribution >= 4 is 35.0 Å². The number of rotatable bonds is 6. The summed E-state index contributed by atoms with van der Waals surface area (Å²) in [4.78, 5) is 12.2. The second-order valence-electron chi connectivity index (χ2n) is 5.33. The van der Waals surface area contributed by atoms with Crippen LogP contribution in [0.15, 0.2) is 60.0 Å². The summed E-state index contributed by atoms with van der Waals surface area (Å²) in [6.07, 6.45) is 1.93. The molecule has 8 heteroatoms. The molecule has 0 bridgehead atoms. The highest BCUT2D eigenvalue weighted by Gasteiger charge is 2.11. The molecule has 1 aromatic heterocycles. The van der Waals surface area contributed by atoms with Gasteiger partial charge in [0.15, 0.2) is 5.16 Å². The van der Waals surface area contributed by atoms with Crippen LogP contribution in [0.5, 0.6) is 0 Å². The summed E-state index contributed by atoms with van der Waals surface area (Å²) >= 11 is 7.30. The molecule has 1 heterocycles. The third-order valence-corrected chi connectivity index (χ3v) is 4.63. The lowest BCUT2D eigenvalue weighted by Crippen LogP contribution is -2.14. The number of aromatic nitrogens is 3. The van der Waals surface area contributed by atoms with Crippen LogP contribution in [0.4, 0.5) is 5.69 Å². The van der Waals surface area contributed by atoms with E-state index in [1.807, 2.05) is 24.3 Å². The molecule has 0 atom stereocenters. The molecule has 6 nitrogen and oxygen atoms in total. The van der Waals surface area contributed by atoms with Gasteiger partial charge in [-0.25, -0.2) is 0 Å². The van der Waals surface area contributed by atoms with Gasteiger partial charge >= 0.3 is 0 Å². The first-order chi connectivity index (χ1) is 12.7. The zero-order chi connectivity index (χ0) is 18.4. The van der Waals surface area contributed by atoms with Crippen molar-refractivity contribution in [3.8, 4) is 11.8 Å². The third kappa shape index (κ3) is 4.63. The van der Waals surface area contributed by atoms with Gasteiger partial charge in [-0.15, -0.1) is 10.2 Å². The summed E-state index contributed by atoms with van der Waals surface area (Å²) in [5, 5.41) is 20.7. The number of halogens is 1. The fraction of sp³-hybridized carbons (Fsp3) is 0.111. The standard InChI is InChI=1S/C18H14ClN5OS/c19-14-2-1-3-16(10-14)24-12-21-23-18(24)26-11-17(25)22-15-6-4-13(5-7-15)8-9-20/h1-7,10,12H,8,11H2,(H,22,25). The molecule has 0 aliphatic carbocycles. The number of nitrogens with one attached hydrogen (secondary N) is 1. The Morgan fingerprint density at radius 3 is 2.81 bits per heavy atom. The average molecular weight is 384 g/mol. The van der Waals surface area contributed by atoms with Crippen LogP contribution in [0, 0.1) is 11.3 Å². The highest BCUT2D eigenvalue weighted by atomic mass is 35.5. The lowest BCUT2D eigenvalue weighted by Gasteiger charge is -2.07. The van der Waals surface area contributed by atoms with Crippen LogP contribution in [0.1, 0.15) is 5.56 Å². The number of nitrogens with zero attached hydrogens (tertiary/aromatic N) is 4. The van der Waals surface area contributed by atoms with Crippen LogP contribution in [-0.2, 0) is 11.2 Å². The third-order valence-electron chi connectivity index (χ3n) is 3.46. The number of thioether (sulfide) groups is 1. The second-order valence-corrected chi connectivity index (χ2v) is 6.71. The smallest absolute Gasteiger partial charge is 0.234 e. The van der Waals surface area contributed by atoms with E-state index in [1.165, 1.54) is 11.8 Å². The molecule has 26 heavy (non-hydrogen) atoms. The molecule has 3 rings (SSSR count). The summed E-state index contributed by atoms with van der Waals surface area (Å²) in [6, 6.07) is 16.6. The van der Waals surface area contributed by atoms with E-state index in [1.54, 1.807) is 35.2 Å². The lowest BCUT2D eigenvalue weighted by atomic mass is 10.1. The largest absolute Gasteiger partial charge is 0.325 e. The maximum absolute atomic E-state index is 12.2. The Balaban J connectivity index is 1.60. The van der Waals surface area contributed by atoms with Crippen LogP contribution < -0.4 is 5.32 Å². The van der Waals surface area contributed by atoms with Crippen molar-refractivity contribution < 1.29 is 4.79 Å². The Kier molecular flexibility index (Phi) is 5.89. The summed E-state index contributed by atoms with van der Waals surface area (Å²) in [7, 11) is 0. The van der Waals surface area contributed by atoms with E-state index in [9.17, 15) is 4.79 Å². The van der Waals surface area contributed by atoms with E-state index in [-0.39, 0.29) is 11.7 Å². The fourth-order valence-electron chi connectivity index (χ4n) is 2.25. The molecule has 0 fully saturated rings. The van der Waals surface area contributed by atoms with Crippen molar-refractivity contribution in [2.24, 2.45) is 0 Å². The van der Waals surface area contributed by atoms with Crippen LogP contribution in [-0.4, -0.2) is 26.4 Å². The summed E-state index contributed by atoms with van der Waals surface area (Å²) in [5.41, 5.74) is 2.43. The first-order valence-electron chi connectivity index (χ1n) is 7.70. The molecule has 130 valence electrons. The maximum atomic E-state index is 12.2. The van der Waals surface area contributed by atoms with Crippen LogP contribution in [0.2, 0.25) is 5.02 Å². The topological polar surface area (TPSA) is 83.6 Å². The first-order valence-corrected chi connectivity index (χ1v) is 9.06. The lowest BCUT2D eigenvalue weighted by molar-refractivity contribution is -0.113. The fourth-order valence-corrected chi connectivity index (χ4v) is 3.16. The van der Waals surface area contributed by atoms with Crippen molar-refractivity contribution in [1.82, 2.24) is 14.8 Å². The number of nitriles is 1. The minimum Gasteiger partial charge on any atom is -0.325 e. The molecule has 1 amide bonds. The number of anilines is 1. The number of hydrogen-bond acceptors (Lipinski definition) is 5. The van der Waals surface area contributed by atoms with Gasteiger partial charge in [-0.3, -0.25) is 9.36 Å². The summed E-state index contributed by atoms with van der Waals surface area (Å²) in [5.74, 6) is 0.0443. The summed E-state index contributed by atoms with van der Waals surface area (Å²) in [6.45, 7) is 0. The van der Waals surface area contributed by atoms with Gasteiger partial charge in [0.25, 0.3) is 0 Å². The Labute approximate surface area is 159 Å². The van der Waals surface area contributed by atoms with Crippen LogP contribution in [0.3, 0.4) is 0 Å². The number of amides is 1. The molecule has 0 aliphatic rings. The molecule has 2 aromatic carbocycles. The minimum atomic E-state index is -0.149. The van der Waals surface area contributed by atoms with E-state index < -0.39 is 0 Å². The average Bonchev–Trinajstić information content (AvgIpc) is 3.10. The van der Waals surface area contributed by atoms with Crippen molar-refractivity contribution in [2.45, 2.75) is 11.6 Å². The Morgan fingerprint density at radius 2 is 2.08 bits per heavy atom. The van der Waals surface area contributed by atoms with Gasteiger partial charge < -0.3 is 5.32 Å². The predicted molar refractivity (Wildman–Crippen MR) is 101 cm³/mol. The molecule has 0 unspecified atom stereocenters. The number of hydrogen-bond donors (Lipinski definition) is 1. The molecule has 0 saturated carbocycles. The molecular weight excluding hydrogens is 370 g/mol. The van der Waals surface area contributed by atoms with E-state index >= 15 is 0 Å². The van der Waals surface area contributed by atoms with Gasteiger partial charge in [-0.05, 0) is 35.9 Å². The first kappa shape index (κ1) is 18.0. The zero-order valence-electron chi connectivity index (χ0n) is 13.6. The van der Waals surface area contributed by atoms with E-state index in [0.717, 1.165) is 11.3 Å². The van der Waals surface area contributed by atoms with Crippen molar-refractivity contribution in [3.05, 3.63) is 65.4 Å². The SMILES string of the molecule is N#CCc1ccc(NC(=O)CSc2nncn2-c2cccc(Cl)c2)cc1. The Bertz CT molecular complexity index is 949. The highest BCUT2D eigenvalue weighted by molar-refractivity contribution is 7.99. The predicted octanol–water partition coefficient (Wildman–Crippen LogP) is 3.72. The molecule has 0 spiro atoms. The number of carbonyl (C=O) groups excluding carboxylic acids is 1. The molecule has 0 radical (unpaired) electrons. The Hall–Kier alpha value is -2.82. The van der Waals surface area contributed by atoms with E-state index in [2.05, 4.69) is 21.6 Å². The van der Waals surface area contributed by atoms with Gasteiger partial charge in [0.1, 0.15) is 6.33 Å². The van der Waals surface area contributed by atoms with Crippen molar-refractivity contribution in [3.63, 3.8) is 0 Å². The van der Waals surface area contributed by atoms with Crippen LogP contribution in [0.25, 0.3) is 5.69 Å². The van der Waals surface area contributed by atoms with Crippen molar-refractivity contribution in [2.75, 3.05) is 11.1 Å². The van der Waals surface area contributed by atoms with Gasteiger partial charge in [-0.1, -0.05) is 41.6 Å². The highest BCUT2D eigenvalue weighted by Crippen LogP contribution is 2.22. The normalized spacial score (nSPS) is 10.3. The van der Waals surface area contributed by atoms with Gasteiger partial charge in [-0.2, -0.15) is 5.26 Å². The minimum absolute atomic E-state index is 0.149. The number of benzene rings is 2. The molecule has 3 aromatic rings. The molecule has 0 aliphatic heterocycles. The van der Waals surface area contributed by atoms with Gasteiger partial charge in [0, 0.05) is 10.7 Å². The zero-order valence-corrected chi connectivity index (χ0v) is 15.2. The molecule has 0 saturated heterocycles. The molecule has 1 N–H and O–H groups in total. The van der Waals surface area contributed by atoms with E-state index in [0.29, 0.717) is 22.3 Å². The summed E-state index contributed by atoms with van der Waals surface area (Å²) < 4.78 is 1.78. The second kappa shape index (κ2) is 8.52. The van der Waals surface area contributed by atoms with Gasteiger partial charge in [0.2, 0.25) is 5.91 Å². The quantitative estimate of drug-likeness (QED) is 0.656. The maximum Gasteiger partial charge on any atom is 0.234 e. The Morgan fingerprint density at radius 1 is 1.27 bits per heavy atom. The number of carbonyl (C=O) groups is 1. The van der Waals surface area contributed by atoms with E-state index in [4.69, 9.17) is 16.9 Å². The molecular formula is C18H14ClN5OS.